The van der Waals surface area contributed by atoms with Crippen LogP contribution in [0.15, 0.2) is 0 Å². The predicted molar refractivity (Wildman–Crippen MR) is 64.3 cm³/mol. The Morgan fingerprint density at radius 3 is 2.40 bits per heavy atom. The summed E-state index contributed by atoms with van der Waals surface area (Å²) in [5, 5.41) is 3.54. The van der Waals surface area contributed by atoms with Crippen molar-refractivity contribution in [3.05, 3.63) is 0 Å². The molecule has 0 aliphatic rings. The predicted octanol–water partition coefficient (Wildman–Crippen LogP) is 2.21. The minimum absolute atomic E-state index is 0.108. The van der Waals surface area contributed by atoms with Gasteiger partial charge in [0.1, 0.15) is 0 Å². The molecular weight excluding hydrogens is 190 g/mol. The Hall–Kier alpha value is -0.120. The number of hydrogen-bond donors (Lipinski definition) is 1. The highest BCUT2D eigenvalue weighted by Crippen LogP contribution is 2.18. The Morgan fingerprint density at radius 2 is 1.93 bits per heavy atom. The van der Waals surface area contributed by atoms with Gasteiger partial charge in [0.25, 0.3) is 0 Å². The van der Waals surface area contributed by atoms with E-state index in [0.29, 0.717) is 6.04 Å². The first-order valence-electron chi connectivity index (χ1n) is 5.86. The van der Waals surface area contributed by atoms with Crippen LogP contribution in [-0.4, -0.2) is 39.0 Å². The van der Waals surface area contributed by atoms with Crippen molar-refractivity contribution in [3.8, 4) is 0 Å². The third-order valence-electron chi connectivity index (χ3n) is 2.85. The maximum Gasteiger partial charge on any atom is 0.0775 e. The molecule has 0 saturated heterocycles. The molecule has 92 valence electrons. The summed E-state index contributed by atoms with van der Waals surface area (Å²) in [7, 11) is 3.52. The fourth-order valence-corrected chi connectivity index (χ4v) is 1.59. The molecule has 0 aliphatic heterocycles. The van der Waals surface area contributed by atoms with Crippen LogP contribution in [0.1, 0.15) is 40.0 Å². The van der Waals surface area contributed by atoms with Crippen LogP contribution in [0.2, 0.25) is 0 Å². The van der Waals surface area contributed by atoms with Gasteiger partial charge in [-0.2, -0.15) is 0 Å². The van der Waals surface area contributed by atoms with Crippen LogP contribution >= 0.6 is 0 Å². The van der Waals surface area contributed by atoms with Gasteiger partial charge in [-0.1, -0.05) is 6.92 Å². The van der Waals surface area contributed by atoms with Gasteiger partial charge in [-0.15, -0.1) is 0 Å². The Balaban J connectivity index is 4.05. The Morgan fingerprint density at radius 1 is 1.27 bits per heavy atom. The molecule has 0 rings (SSSR count). The van der Waals surface area contributed by atoms with Crippen LogP contribution < -0.4 is 5.32 Å². The molecule has 0 aromatic heterocycles. The number of rotatable bonds is 9. The van der Waals surface area contributed by atoms with Crippen molar-refractivity contribution in [2.45, 2.75) is 51.7 Å². The van der Waals surface area contributed by atoms with E-state index in [1.54, 1.807) is 14.2 Å². The van der Waals surface area contributed by atoms with Crippen molar-refractivity contribution < 1.29 is 9.47 Å². The van der Waals surface area contributed by atoms with E-state index in [1.807, 2.05) is 0 Å². The topological polar surface area (TPSA) is 30.5 Å². The van der Waals surface area contributed by atoms with Crippen molar-refractivity contribution >= 4 is 0 Å². The SMILES string of the molecule is CCCNC(CCCOC)C(C)(C)OC. The summed E-state index contributed by atoms with van der Waals surface area (Å²) < 4.78 is 10.6. The molecule has 0 radical (unpaired) electrons. The number of hydrogen-bond acceptors (Lipinski definition) is 3. The second-order valence-corrected chi connectivity index (χ2v) is 4.45. The van der Waals surface area contributed by atoms with Gasteiger partial charge in [0.05, 0.1) is 5.60 Å². The van der Waals surface area contributed by atoms with Crippen LogP contribution in [-0.2, 0) is 9.47 Å². The largest absolute Gasteiger partial charge is 0.385 e. The van der Waals surface area contributed by atoms with Crippen LogP contribution in [0.25, 0.3) is 0 Å². The third kappa shape index (κ3) is 6.13. The third-order valence-corrected chi connectivity index (χ3v) is 2.85. The standard InChI is InChI=1S/C12H27NO2/c1-6-9-13-11(8-7-10-14-4)12(2,3)15-5/h11,13H,6-10H2,1-5H3. The summed E-state index contributed by atoms with van der Waals surface area (Å²) in [5.41, 5.74) is -0.108. The van der Waals surface area contributed by atoms with Gasteiger partial charge >= 0.3 is 0 Å². The van der Waals surface area contributed by atoms with E-state index in [0.717, 1.165) is 32.4 Å². The Kier molecular flexibility index (Phi) is 8.02. The van der Waals surface area contributed by atoms with Gasteiger partial charge < -0.3 is 14.8 Å². The lowest BCUT2D eigenvalue weighted by molar-refractivity contribution is -0.0143. The van der Waals surface area contributed by atoms with Crippen LogP contribution in [0.4, 0.5) is 0 Å². The molecule has 0 heterocycles. The first kappa shape index (κ1) is 14.9. The van der Waals surface area contributed by atoms with Crippen LogP contribution in [0, 0.1) is 0 Å². The monoisotopic (exact) mass is 217 g/mol. The molecule has 0 aromatic carbocycles. The Bertz CT molecular complexity index is 149. The lowest BCUT2D eigenvalue weighted by Gasteiger charge is -2.34. The summed E-state index contributed by atoms with van der Waals surface area (Å²) in [4.78, 5) is 0. The molecule has 1 unspecified atom stereocenters. The molecule has 0 fully saturated rings. The van der Waals surface area contributed by atoms with Crippen molar-refractivity contribution in [3.63, 3.8) is 0 Å². The second-order valence-electron chi connectivity index (χ2n) is 4.45. The molecule has 3 heteroatoms. The van der Waals surface area contributed by atoms with E-state index >= 15 is 0 Å². The smallest absolute Gasteiger partial charge is 0.0775 e. The molecule has 0 aliphatic carbocycles. The number of nitrogens with one attached hydrogen (secondary N) is 1. The lowest BCUT2D eigenvalue weighted by Crippen LogP contribution is -2.48. The number of methoxy groups -OCH3 is 2. The average Bonchev–Trinajstić information content (AvgIpc) is 2.23. The quantitative estimate of drug-likeness (QED) is 0.601. The molecule has 1 atom stereocenters. The number of ether oxygens (including phenoxy) is 2. The van der Waals surface area contributed by atoms with E-state index in [4.69, 9.17) is 9.47 Å². The first-order valence-corrected chi connectivity index (χ1v) is 5.86. The minimum Gasteiger partial charge on any atom is -0.385 e. The molecular formula is C12H27NO2. The summed E-state index contributed by atoms with van der Waals surface area (Å²) in [5.74, 6) is 0. The molecule has 0 saturated carbocycles. The normalized spacial score (nSPS) is 14.2. The minimum atomic E-state index is -0.108. The molecule has 0 amide bonds. The first-order chi connectivity index (χ1) is 7.08. The zero-order chi connectivity index (χ0) is 11.7. The summed E-state index contributed by atoms with van der Waals surface area (Å²) in [6.45, 7) is 8.31. The van der Waals surface area contributed by atoms with Gasteiger partial charge in [0, 0.05) is 26.9 Å². The van der Waals surface area contributed by atoms with Gasteiger partial charge in [-0.3, -0.25) is 0 Å². The lowest BCUT2D eigenvalue weighted by atomic mass is 9.94. The van der Waals surface area contributed by atoms with E-state index < -0.39 is 0 Å². The molecule has 0 spiro atoms. The van der Waals surface area contributed by atoms with Crippen molar-refractivity contribution in [2.75, 3.05) is 27.4 Å². The van der Waals surface area contributed by atoms with E-state index in [2.05, 4.69) is 26.1 Å². The molecule has 15 heavy (non-hydrogen) atoms. The van der Waals surface area contributed by atoms with Gasteiger partial charge in [0.15, 0.2) is 0 Å². The second kappa shape index (κ2) is 8.08. The summed E-state index contributed by atoms with van der Waals surface area (Å²) >= 11 is 0. The molecule has 1 N–H and O–H groups in total. The fourth-order valence-electron chi connectivity index (χ4n) is 1.59. The van der Waals surface area contributed by atoms with Crippen LogP contribution in [0.5, 0.6) is 0 Å². The van der Waals surface area contributed by atoms with Crippen molar-refractivity contribution in [1.29, 1.82) is 0 Å². The van der Waals surface area contributed by atoms with Crippen molar-refractivity contribution in [1.82, 2.24) is 5.32 Å². The fraction of sp³-hybridized carbons (Fsp3) is 1.00. The van der Waals surface area contributed by atoms with E-state index in [1.165, 1.54) is 0 Å². The maximum atomic E-state index is 5.52. The highest BCUT2D eigenvalue weighted by molar-refractivity contribution is 4.85. The van der Waals surface area contributed by atoms with Crippen molar-refractivity contribution in [2.24, 2.45) is 0 Å². The van der Waals surface area contributed by atoms with E-state index in [9.17, 15) is 0 Å². The molecule has 0 aromatic rings. The zero-order valence-electron chi connectivity index (χ0n) is 10.9. The zero-order valence-corrected chi connectivity index (χ0v) is 10.9. The van der Waals surface area contributed by atoms with Gasteiger partial charge in [-0.25, -0.2) is 0 Å². The molecule has 3 nitrogen and oxygen atoms in total. The van der Waals surface area contributed by atoms with Gasteiger partial charge in [0.2, 0.25) is 0 Å². The molecule has 0 bridgehead atoms. The summed E-state index contributed by atoms with van der Waals surface area (Å²) in [6, 6.07) is 0.401. The highest BCUT2D eigenvalue weighted by atomic mass is 16.5. The van der Waals surface area contributed by atoms with E-state index in [-0.39, 0.29) is 5.60 Å². The van der Waals surface area contributed by atoms with Crippen LogP contribution in [0.3, 0.4) is 0 Å². The van der Waals surface area contributed by atoms with Gasteiger partial charge in [-0.05, 0) is 39.7 Å². The highest BCUT2D eigenvalue weighted by Gasteiger charge is 2.27. The Labute approximate surface area is 94.5 Å². The maximum absolute atomic E-state index is 5.52. The average molecular weight is 217 g/mol. The summed E-state index contributed by atoms with van der Waals surface area (Å²) in [6.07, 6.45) is 3.32.